The number of fused-ring (bicyclic) bond motifs is 1. The molecule has 4 nitrogen and oxygen atoms in total. The quantitative estimate of drug-likeness (QED) is 0.889. The van der Waals surface area contributed by atoms with Crippen LogP contribution in [0.2, 0.25) is 0 Å². The molecule has 0 spiro atoms. The zero-order chi connectivity index (χ0) is 15.9. The van der Waals surface area contributed by atoms with Crippen LogP contribution in [0, 0.1) is 5.92 Å². The summed E-state index contributed by atoms with van der Waals surface area (Å²) in [5.41, 5.74) is 5.49. The van der Waals surface area contributed by atoms with Gasteiger partial charge in [0.1, 0.15) is 0 Å². The summed E-state index contributed by atoms with van der Waals surface area (Å²) in [6, 6.07) is 12.7. The van der Waals surface area contributed by atoms with Crippen molar-refractivity contribution in [3.63, 3.8) is 0 Å². The van der Waals surface area contributed by atoms with Gasteiger partial charge in [-0.05, 0) is 29.7 Å². The minimum Gasteiger partial charge on any atom is -0.478 e. The van der Waals surface area contributed by atoms with Crippen molar-refractivity contribution in [1.29, 1.82) is 0 Å². The van der Waals surface area contributed by atoms with Crippen LogP contribution >= 0.6 is 0 Å². The Balaban J connectivity index is 0.000000172. The van der Waals surface area contributed by atoms with Gasteiger partial charge in [-0.15, -0.1) is 0 Å². The van der Waals surface area contributed by atoms with Gasteiger partial charge in [0.25, 0.3) is 0 Å². The topological polar surface area (TPSA) is 80.4 Å². The zero-order valence-corrected chi connectivity index (χ0v) is 12.5. The highest BCUT2D eigenvalue weighted by atomic mass is 16.4. The van der Waals surface area contributed by atoms with E-state index in [-0.39, 0.29) is 11.8 Å². The molecule has 0 aromatic heterocycles. The minimum absolute atomic E-state index is 0.102. The summed E-state index contributed by atoms with van der Waals surface area (Å²) in [5.74, 6) is -0.787. The third-order valence-corrected chi connectivity index (χ3v) is 4.03. The molecule has 2 aromatic rings. The van der Waals surface area contributed by atoms with Crippen LogP contribution in [0.25, 0.3) is 10.8 Å². The molecule has 0 bridgehead atoms. The van der Waals surface area contributed by atoms with E-state index in [0.717, 1.165) is 23.6 Å². The number of carbonyl (C=O) groups excluding carboxylic acids is 1. The molecule has 1 amide bonds. The van der Waals surface area contributed by atoms with E-state index in [1.807, 2.05) is 30.3 Å². The van der Waals surface area contributed by atoms with Gasteiger partial charge in [-0.2, -0.15) is 0 Å². The van der Waals surface area contributed by atoms with Gasteiger partial charge in [0, 0.05) is 5.92 Å². The molecule has 0 unspecified atom stereocenters. The lowest BCUT2D eigenvalue weighted by molar-refractivity contribution is -0.122. The Morgan fingerprint density at radius 2 is 1.59 bits per heavy atom. The monoisotopic (exact) mass is 299 g/mol. The van der Waals surface area contributed by atoms with Crippen molar-refractivity contribution in [3.8, 4) is 0 Å². The zero-order valence-electron chi connectivity index (χ0n) is 12.5. The maximum atomic E-state index is 10.8. The van der Waals surface area contributed by atoms with E-state index in [1.165, 1.54) is 19.3 Å². The second-order valence-electron chi connectivity index (χ2n) is 5.57. The highest BCUT2D eigenvalue weighted by molar-refractivity contribution is 6.03. The van der Waals surface area contributed by atoms with E-state index in [9.17, 15) is 9.59 Å². The molecule has 3 rings (SSSR count). The summed E-state index contributed by atoms with van der Waals surface area (Å²) in [6.07, 6.45) is 5.70. The van der Waals surface area contributed by atoms with Crippen LogP contribution < -0.4 is 5.73 Å². The second-order valence-corrected chi connectivity index (χ2v) is 5.57. The van der Waals surface area contributed by atoms with Gasteiger partial charge in [-0.1, -0.05) is 55.7 Å². The number of carbonyl (C=O) groups is 2. The molecule has 2 aromatic carbocycles. The van der Waals surface area contributed by atoms with Crippen molar-refractivity contribution in [2.24, 2.45) is 11.7 Å². The molecule has 0 saturated heterocycles. The van der Waals surface area contributed by atoms with E-state index in [4.69, 9.17) is 10.8 Å². The first-order valence-corrected chi connectivity index (χ1v) is 7.60. The lowest BCUT2D eigenvalue weighted by atomic mass is 9.89. The maximum absolute atomic E-state index is 10.8. The molecule has 4 heteroatoms. The highest BCUT2D eigenvalue weighted by Gasteiger charge is 2.17. The first-order chi connectivity index (χ1) is 10.6. The number of amides is 1. The van der Waals surface area contributed by atoms with E-state index in [0.29, 0.717) is 5.56 Å². The molecule has 0 aliphatic heterocycles. The van der Waals surface area contributed by atoms with Crippen molar-refractivity contribution in [3.05, 3.63) is 48.0 Å². The number of aromatic carboxylic acids is 1. The van der Waals surface area contributed by atoms with Gasteiger partial charge in [0.05, 0.1) is 5.56 Å². The van der Waals surface area contributed by atoms with Crippen LogP contribution in [0.5, 0.6) is 0 Å². The van der Waals surface area contributed by atoms with E-state index >= 15 is 0 Å². The summed E-state index contributed by atoms with van der Waals surface area (Å²) in [4.78, 5) is 21.4. The molecular weight excluding hydrogens is 278 g/mol. The molecule has 0 atom stereocenters. The number of rotatable bonds is 2. The Hall–Kier alpha value is -2.36. The predicted octanol–water partition coefficient (Wildman–Crippen LogP) is 3.59. The lowest BCUT2D eigenvalue weighted by Gasteiger charge is -2.17. The van der Waals surface area contributed by atoms with Crippen molar-refractivity contribution in [2.75, 3.05) is 0 Å². The predicted molar refractivity (Wildman–Crippen MR) is 86.7 cm³/mol. The van der Waals surface area contributed by atoms with Gasteiger partial charge in [-0.25, -0.2) is 4.79 Å². The van der Waals surface area contributed by atoms with Crippen molar-refractivity contribution in [1.82, 2.24) is 0 Å². The maximum Gasteiger partial charge on any atom is 0.336 e. The van der Waals surface area contributed by atoms with Crippen molar-refractivity contribution < 1.29 is 14.7 Å². The molecule has 1 saturated carbocycles. The molecule has 3 N–H and O–H groups in total. The normalized spacial score (nSPS) is 14.9. The number of carboxylic acids is 1. The summed E-state index contributed by atoms with van der Waals surface area (Å²) < 4.78 is 0. The fraction of sp³-hybridized carbons (Fsp3) is 0.333. The van der Waals surface area contributed by atoms with Crippen molar-refractivity contribution >= 4 is 22.6 Å². The Kier molecular flexibility index (Phi) is 5.53. The summed E-state index contributed by atoms with van der Waals surface area (Å²) in [6.45, 7) is 0. The van der Waals surface area contributed by atoms with Gasteiger partial charge in [0.15, 0.2) is 0 Å². The smallest absolute Gasteiger partial charge is 0.336 e. The van der Waals surface area contributed by atoms with Gasteiger partial charge < -0.3 is 10.8 Å². The van der Waals surface area contributed by atoms with E-state index < -0.39 is 5.97 Å². The number of primary amides is 1. The van der Waals surface area contributed by atoms with E-state index in [1.54, 1.807) is 12.1 Å². The van der Waals surface area contributed by atoms with Gasteiger partial charge in [-0.3, -0.25) is 4.79 Å². The number of benzene rings is 2. The average Bonchev–Trinajstić information content (AvgIpc) is 2.55. The largest absolute Gasteiger partial charge is 0.478 e. The van der Waals surface area contributed by atoms with Gasteiger partial charge in [0.2, 0.25) is 5.91 Å². The SMILES string of the molecule is NC(=O)C1CCCCC1.O=C(O)c1cccc2ccccc12. The summed E-state index contributed by atoms with van der Waals surface area (Å²) in [7, 11) is 0. The Labute approximate surface area is 129 Å². The Morgan fingerprint density at radius 3 is 2.18 bits per heavy atom. The summed E-state index contributed by atoms with van der Waals surface area (Å²) in [5, 5.41) is 10.6. The van der Waals surface area contributed by atoms with Crippen LogP contribution in [0.4, 0.5) is 0 Å². The standard InChI is InChI=1S/C11H8O2.C7H13NO/c12-11(13)10-7-3-5-8-4-1-2-6-9(8)10;8-7(9)6-4-2-1-3-5-6/h1-7H,(H,12,13);6H,1-5H2,(H2,8,9). The van der Waals surface area contributed by atoms with Crippen LogP contribution in [0.3, 0.4) is 0 Å². The van der Waals surface area contributed by atoms with Crippen LogP contribution in [0.15, 0.2) is 42.5 Å². The fourth-order valence-corrected chi connectivity index (χ4v) is 2.80. The molecule has 1 fully saturated rings. The number of carboxylic acid groups (broad SMARTS) is 1. The molecule has 1 aliphatic rings. The second kappa shape index (κ2) is 7.59. The van der Waals surface area contributed by atoms with Crippen LogP contribution in [-0.2, 0) is 4.79 Å². The minimum atomic E-state index is -0.878. The van der Waals surface area contributed by atoms with Crippen LogP contribution in [0.1, 0.15) is 42.5 Å². The molecule has 1 aliphatic carbocycles. The third-order valence-electron chi connectivity index (χ3n) is 4.03. The molecular formula is C18H21NO3. The first kappa shape index (κ1) is 16.0. The summed E-state index contributed by atoms with van der Waals surface area (Å²) >= 11 is 0. The van der Waals surface area contributed by atoms with E-state index in [2.05, 4.69) is 0 Å². The lowest BCUT2D eigenvalue weighted by Crippen LogP contribution is -2.24. The highest BCUT2D eigenvalue weighted by Crippen LogP contribution is 2.22. The molecule has 0 heterocycles. The number of hydrogen-bond acceptors (Lipinski definition) is 2. The molecule has 22 heavy (non-hydrogen) atoms. The fourth-order valence-electron chi connectivity index (χ4n) is 2.80. The number of nitrogens with two attached hydrogens (primary N) is 1. The van der Waals surface area contributed by atoms with Crippen LogP contribution in [-0.4, -0.2) is 17.0 Å². The molecule has 116 valence electrons. The van der Waals surface area contributed by atoms with Crippen molar-refractivity contribution in [2.45, 2.75) is 32.1 Å². The number of hydrogen-bond donors (Lipinski definition) is 2. The van der Waals surface area contributed by atoms with Gasteiger partial charge >= 0.3 is 5.97 Å². The average molecular weight is 299 g/mol. The Bertz CT molecular complexity index is 655. The Morgan fingerprint density at radius 1 is 0.955 bits per heavy atom. The third kappa shape index (κ3) is 4.07. The molecule has 0 radical (unpaired) electrons. The first-order valence-electron chi connectivity index (χ1n) is 7.60.